The van der Waals surface area contributed by atoms with Gasteiger partial charge in [0.1, 0.15) is 11.5 Å². The van der Waals surface area contributed by atoms with E-state index in [2.05, 4.69) is 17.2 Å². The largest absolute Gasteiger partial charge is 0.383 e. The van der Waals surface area contributed by atoms with Crippen LogP contribution in [0.15, 0.2) is 23.2 Å². The first-order valence-electron chi connectivity index (χ1n) is 6.81. The molecule has 1 rings (SSSR count). The molecule has 1 aromatic rings. The summed E-state index contributed by atoms with van der Waals surface area (Å²) < 4.78 is 0. The SMILES string of the molecule is CCCCNc1ccc(C(N)=NC(C)C)cc1[N+](=O)[O-].Cl. The van der Waals surface area contributed by atoms with Crippen molar-refractivity contribution in [2.75, 3.05) is 11.9 Å². The summed E-state index contributed by atoms with van der Waals surface area (Å²) in [4.78, 5) is 14.9. The Labute approximate surface area is 131 Å². The molecule has 0 saturated heterocycles. The van der Waals surface area contributed by atoms with Crippen LogP contribution >= 0.6 is 12.4 Å². The fourth-order valence-corrected chi connectivity index (χ4v) is 1.74. The number of aliphatic imine (C=N–C) groups is 1. The zero-order valence-corrected chi connectivity index (χ0v) is 13.4. The summed E-state index contributed by atoms with van der Waals surface area (Å²) in [6.45, 7) is 6.60. The molecular formula is C14H23ClN4O2. The molecule has 0 heterocycles. The van der Waals surface area contributed by atoms with Gasteiger partial charge in [0.25, 0.3) is 5.69 Å². The van der Waals surface area contributed by atoms with Crippen LogP contribution in [0.1, 0.15) is 39.2 Å². The Kier molecular flexibility index (Phi) is 8.38. The summed E-state index contributed by atoms with van der Waals surface area (Å²) in [7, 11) is 0. The zero-order chi connectivity index (χ0) is 15.1. The summed E-state index contributed by atoms with van der Waals surface area (Å²) in [5.74, 6) is 0.322. The van der Waals surface area contributed by atoms with Crippen molar-refractivity contribution in [3.63, 3.8) is 0 Å². The lowest BCUT2D eigenvalue weighted by Crippen LogP contribution is -2.16. The number of amidine groups is 1. The molecule has 0 saturated carbocycles. The highest BCUT2D eigenvalue weighted by molar-refractivity contribution is 5.98. The Bertz CT molecular complexity index is 504. The monoisotopic (exact) mass is 314 g/mol. The fraction of sp³-hybridized carbons (Fsp3) is 0.500. The summed E-state index contributed by atoms with van der Waals surface area (Å²) in [6, 6.07) is 4.96. The second-order valence-corrected chi connectivity index (χ2v) is 4.88. The number of benzene rings is 1. The second-order valence-electron chi connectivity index (χ2n) is 4.88. The molecule has 118 valence electrons. The van der Waals surface area contributed by atoms with E-state index in [-0.39, 0.29) is 24.1 Å². The molecule has 0 atom stereocenters. The van der Waals surface area contributed by atoms with Crippen LogP contribution in [0.2, 0.25) is 0 Å². The van der Waals surface area contributed by atoms with E-state index in [0.29, 0.717) is 23.6 Å². The smallest absolute Gasteiger partial charge is 0.293 e. The normalized spacial score (nSPS) is 11.1. The van der Waals surface area contributed by atoms with Crippen molar-refractivity contribution in [2.45, 2.75) is 39.7 Å². The van der Waals surface area contributed by atoms with Crippen LogP contribution in [0, 0.1) is 10.1 Å². The number of unbranched alkanes of at least 4 members (excludes halogenated alkanes) is 1. The van der Waals surface area contributed by atoms with Gasteiger partial charge in [-0.15, -0.1) is 12.4 Å². The number of nitro groups is 1. The molecule has 1 aromatic carbocycles. The average molecular weight is 315 g/mol. The molecule has 0 aliphatic heterocycles. The van der Waals surface area contributed by atoms with Gasteiger partial charge in [0.05, 0.1) is 4.92 Å². The molecular weight excluding hydrogens is 292 g/mol. The Balaban J connectivity index is 0.00000400. The maximum absolute atomic E-state index is 11.1. The van der Waals surface area contributed by atoms with Crippen LogP contribution in [-0.4, -0.2) is 23.3 Å². The lowest BCUT2D eigenvalue weighted by atomic mass is 10.1. The third-order valence-corrected chi connectivity index (χ3v) is 2.73. The van der Waals surface area contributed by atoms with Crippen LogP contribution in [0.5, 0.6) is 0 Å². The van der Waals surface area contributed by atoms with Crippen LogP contribution in [0.3, 0.4) is 0 Å². The number of nitro benzene ring substituents is 1. The number of nitrogens with two attached hydrogens (primary N) is 1. The van der Waals surface area contributed by atoms with Gasteiger partial charge >= 0.3 is 0 Å². The molecule has 0 fully saturated rings. The number of halogens is 1. The van der Waals surface area contributed by atoms with E-state index in [0.717, 1.165) is 12.8 Å². The van der Waals surface area contributed by atoms with E-state index in [1.165, 1.54) is 6.07 Å². The Morgan fingerprint density at radius 1 is 1.48 bits per heavy atom. The van der Waals surface area contributed by atoms with Crippen molar-refractivity contribution < 1.29 is 4.92 Å². The molecule has 0 aliphatic carbocycles. The third kappa shape index (κ3) is 5.99. The van der Waals surface area contributed by atoms with E-state index in [1.807, 2.05) is 13.8 Å². The average Bonchev–Trinajstić information content (AvgIpc) is 2.38. The minimum absolute atomic E-state index is 0. The lowest BCUT2D eigenvalue weighted by Gasteiger charge is -2.09. The predicted molar refractivity (Wildman–Crippen MR) is 89.6 cm³/mol. The zero-order valence-electron chi connectivity index (χ0n) is 12.6. The third-order valence-electron chi connectivity index (χ3n) is 2.73. The van der Waals surface area contributed by atoms with Crippen molar-refractivity contribution in [1.29, 1.82) is 0 Å². The summed E-state index contributed by atoms with van der Waals surface area (Å²) in [5, 5.41) is 14.2. The van der Waals surface area contributed by atoms with Crippen LogP contribution in [0.4, 0.5) is 11.4 Å². The molecule has 7 heteroatoms. The van der Waals surface area contributed by atoms with E-state index in [9.17, 15) is 10.1 Å². The number of nitrogens with one attached hydrogen (secondary N) is 1. The Morgan fingerprint density at radius 2 is 2.14 bits per heavy atom. The molecule has 0 amide bonds. The number of anilines is 1. The topological polar surface area (TPSA) is 93.5 Å². The molecule has 0 bridgehead atoms. The predicted octanol–water partition coefficient (Wildman–Crippen LogP) is 3.34. The van der Waals surface area contributed by atoms with Gasteiger partial charge in [-0.05, 0) is 32.4 Å². The van der Waals surface area contributed by atoms with Gasteiger partial charge in [0.15, 0.2) is 0 Å². The van der Waals surface area contributed by atoms with Crippen molar-refractivity contribution in [3.05, 3.63) is 33.9 Å². The first-order valence-corrected chi connectivity index (χ1v) is 6.81. The molecule has 0 spiro atoms. The number of hydrogen-bond donors (Lipinski definition) is 2. The van der Waals surface area contributed by atoms with Crippen molar-refractivity contribution in [1.82, 2.24) is 0 Å². The minimum Gasteiger partial charge on any atom is -0.383 e. The first kappa shape index (κ1) is 19.2. The van der Waals surface area contributed by atoms with E-state index < -0.39 is 4.92 Å². The van der Waals surface area contributed by atoms with Gasteiger partial charge in [-0.1, -0.05) is 13.3 Å². The molecule has 21 heavy (non-hydrogen) atoms. The van der Waals surface area contributed by atoms with Gasteiger partial charge in [-0.3, -0.25) is 15.1 Å². The quantitative estimate of drug-likeness (QED) is 0.265. The maximum atomic E-state index is 11.1. The first-order chi connectivity index (χ1) is 9.45. The van der Waals surface area contributed by atoms with E-state index in [4.69, 9.17) is 5.73 Å². The Morgan fingerprint density at radius 3 is 2.67 bits per heavy atom. The molecule has 6 nitrogen and oxygen atoms in total. The molecule has 3 N–H and O–H groups in total. The Hall–Kier alpha value is -1.82. The van der Waals surface area contributed by atoms with Crippen LogP contribution in [-0.2, 0) is 0 Å². The lowest BCUT2D eigenvalue weighted by molar-refractivity contribution is -0.384. The minimum atomic E-state index is -0.402. The van der Waals surface area contributed by atoms with E-state index >= 15 is 0 Å². The van der Waals surface area contributed by atoms with Gasteiger partial charge in [0.2, 0.25) is 0 Å². The van der Waals surface area contributed by atoms with Crippen LogP contribution < -0.4 is 11.1 Å². The fourth-order valence-electron chi connectivity index (χ4n) is 1.74. The summed E-state index contributed by atoms with van der Waals surface area (Å²) in [6.07, 6.45) is 2.00. The standard InChI is InChI=1S/C14H22N4O2.ClH/c1-4-5-8-16-12-7-6-11(9-13(12)18(19)20)14(15)17-10(2)3;/h6-7,9-10,16H,4-5,8H2,1-3H3,(H2,15,17);1H. The summed E-state index contributed by atoms with van der Waals surface area (Å²) >= 11 is 0. The molecule has 0 unspecified atom stereocenters. The highest BCUT2D eigenvalue weighted by Crippen LogP contribution is 2.25. The highest BCUT2D eigenvalue weighted by atomic mass is 35.5. The highest BCUT2D eigenvalue weighted by Gasteiger charge is 2.15. The van der Waals surface area contributed by atoms with Gasteiger partial charge in [0, 0.05) is 24.2 Å². The van der Waals surface area contributed by atoms with Gasteiger partial charge < -0.3 is 11.1 Å². The van der Waals surface area contributed by atoms with E-state index in [1.54, 1.807) is 12.1 Å². The van der Waals surface area contributed by atoms with Crippen LogP contribution in [0.25, 0.3) is 0 Å². The summed E-state index contributed by atoms with van der Waals surface area (Å²) in [5.41, 5.74) is 6.97. The van der Waals surface area contributed by atoms with Gasteiger partial charge in [-0.25, -0.2) is 0 Å². The molecule has 0 radical (unpaired) electrons. The number of nitrogens with zero attached hydrogens (tertiary/aromatic N) is 2. The number of hydrogen-bond acceptors (Lipinski definition) is 4. The van der Waals surface area contributed by atoms with Crippen molar-refractivity contribution >= 4 is 29.6 Å². The second kappa shape index (κ2) is 9.18. The van der Waals surface area contributed by atoms with Crippen molar-refractivity contribution in [2.24, 2.45) is 10.7 Å². The number of rotatable bonds is 7. The maximum Gasteiger partial charge on any atom is 0.293 e. The molecule has 0 aliphatic rings. The van der Waals surface area contributed by atoms with Crippen molar-refractivity contribution in [3.8, 4) is 0 Å². The van der Waals surface area contributed by atoms with Gasteiger partial charge in [-0.2, -0.15) is 0 Å². The molecule has 0 aromatic heterocycles.